The molecule has 180 valence electrons. The summed E-state index contributed by atoms with van der Waals surface area (Å²) < 4.78 is 17.1. The van der Waals surface area contributed by atoms with Crippen molar-refractivity contribution in [1.82, 2.24) is 10.3 Å². The number of hydrogen-bond donors (Lipinski definition) is 2. The van der Waals surface area contributed by atoms with Gasteiger partial charge in [-0.05, 0) is 15.4 Å². The van der Waals surface area contributed by atoms with Gasteiger partial charge in [0.15, 0.2) is 24.3 Å². The summed E-state index contributed by atoms with van der Waals surface area (Å²) in [7, 11) is -1.97. The van der Waals surface area contributed by atoms with Gasteiger partial charge in [-0.2, -0.15) is 0 Å². The zero-order chi connectivity index (χ0) is 24.8. The molecule has 0 saturated heterocycles. The minimum absolute atomic E-state index is 0.187. The first-order valence-electron chi connectivity index (χ1n) is 10.9. The third-order valence-electron chi connectivity index (χ3n) is 5.64. The largest absolute Gasteiger partial charge is 0.467 e. The van der Waals surface area contributed by atoms with Crippen molar-refractivity contribution in [3.63, 3.8) is 0 Å². The number of aliphatic hydroxyl groups is 1. The molecule has 3 rings (SSSR count). The maximum Gasteiger partial charge on any atom is 0.330 e. The Labute approximate surface area is 200 Å². The first-order chi connectivity index (χ1) is 16.2. The molecule has 1 heterocycles. The average Bonchev–Trinajstić information content (AvgIpc) is 3.37. The van der Waals surface area contributed by atoms with E-state index >= 15 is 0 Å². The monoisotopic (exact) mass is 482 g/mol. The van der Waals surface area contributed by atoms with Crippen LogP contribution in [0.4, 0.5) is 0 Å². The first kappa shape index (κ1) is 25.4. The van der Waals surface area contributed by atoms with Gasteiger partial charge in [-0.3, -0.25) is 4.79 Å². The van der Waals surface area contributed by atoms with Crippen LogP contribution in [0.3, 0.4) is 0 Å². The summed E-state index contributed by atoms with van der Waals surface area (Å²) in [6.45, 7) is 5.62. The van der Waals surface area contributed by atoms with Crippen LogP contribution in [0.25, 0.3) is 0 Å². The molecule has 0 radical (unpaired) electrons. The van der Waals surface area contributed by atoms with Gasteiger partial charge in [-0.25, -0.2) is 9.78 Å². The Kier molecular flexibility index (Phi) is 8.03. The van der Waals surface area contributed by atoms with E-state index in [2.05, 4.69) is 35.8 Å². The number of aliphatic hydroxyl groups excluding tert-OH is 1. The van der Waals surface area contributed by atoms with Crippen molar-refractivity contribution >= 4 is 30.6 Å². The van der Waals surface area contributed by atoms with Crippen LogP contribution in [0, 0.1) is 0 Å². The molecule has 2 N–H and O–H groups in total. The van der Waals surface area contributed by atoms with Gasteiger partial charge in [0, 0.05) is 0 Å². The van der Waals surface area contributed by atoms with Gasteiger partial charge in [0.2, 0.25) is 0 Å². The summed E-state index contributed by atoms with van der Waals surface area (Å²) in [6.07, 6.45) is 1.40. The second kappa shape index (κ2) is 10.8. The molecular weight excluding hydrogens is 452 g/mol. The standard InChI is InChI=1S/C25H30N2O6Si/c1-25(2,3)34(18-11-7-5-8-12-18,19-13-9-6-10-14-19)33-22(21-15-26-17-32-21)23(29)27-20(16-28)24(30)31-4/h5-15,17,20,22,28H,16H2,1-4H3,(H,27,29)/t20-,22+/m0/s1. The highest BCUT2D eigenvalue weighted by atomic mass is 28.4. The van der Waals surface area contributed by atoms with Gasteiger partial charge in [-0.15, -0.1) is 0 Å². The Morgan fingerprint density at radius 2 is 1.62 bits per heavy atom. The Morgan fingerprint density at radius 3 is 2.03 bits per heavy atom. The highest BCUT2D eigenvalue weighted by Gasteiger charge is 2.53. The summed E-state index contributed by atoms with van der Waals surface area (Å²) in [5.74, 6) is -1.22. The molecule has 0 unspecified atom stereocenters. The Morgan fingerprint density at radius 1 is 1.06 bits per heavy atom. The molecule has 1 amide bonds. The molecule has 0 saturated carbocycles. The van der Waals surface area contributed by atoms with E-state index in [1.165, 1.54) is 19.7 Å². The highest BCUT2D eigenvalue weighted by molar-refractivity contribution is 6.99. The Balaban J connectivity index is 2.16. The second-order valence-corrected chi connectivity index (χ2v) is 13.1. The van der Waals surface area contributed by atoms with Crippen LogP contribution in [-0.4, -0.2) is 50.0 Å². The van der Waals surface area contributed by atoms with Crippen LogP contribution in [0.1, 0.15) is 32.6 Å². The molecule has 3 aromatic rings. The van der Waals surface area contributed by atoms with Crippen molar-refractivity contribution in [2.24, 2.45) is 0 Å². The van der Waals surface area contributed by atoms with Crippen LogP contribution >= 0.6 is 0 Å². The van der Waals surface area contributed by atoms with Crippen molar-refractivity contribution in [3.8, 4) is 0 Å². The molecule has 0 aliphatic carbocycles. The van der Waals surface area contributed by atoms with E-state index in [1.807, 2.05) is 60.7 Å². The molecule has 0 fully saturated rings. The predicted molar refractivity (Wildman–Crippen MR) is 129 cm³/mol. The maximum atomic E-state index is 13.5. The first-order valence-corrected chi connectivity index (χ1v) is 12.8. The number of aromatic nitrogens is 1. The van der Waals surface area contributed by atoms with Crippen LogP contribution < -0.4 is 15.7 Å². The zero-order valence-corrected chi connectivity index (χ0v) is 20.7. The highest BCUT2D eigenvalue weighted by Crippen LogP contribution is 2.40. The van der Waals surface area contributed by atoms with Gasteiger partial charge in [0.25, 0.3) is 14.2 Å². The third-order valence-corrected chi connectivity index (χ3v) is 10.6. The number of esters is 1. The number of amides is 1. The number of carbonyl (C=O) groups is 2. The van der Waals surface area contributed by atoms with Gasteiger partial charge < -0.3 is 24.0 Å². The molecule has 0 aliphatic rings. The predicted octanol–water partition coefficient (Wildman–Crippen LogP) is 1.94. The fourth-order valence-electron chi connectivity index (χ4n) is 4.03. The van der Waals surface area contributed by atoms with Crippen LogP contribution in [-0.2, 0) is 18.8 Å². The molecular formula is C25H30N2O6Si. The number of ether oxygens (including phenoxy) is 1. The van der Waals surface area contributed by atoms with Crippen molar-refractivity contribution in [2.75, 3.05) is 13.7 Å². The minimum Gasteiger partial charge on any atom is -0.467 e. The zero-order valence-electron chi connectivity index (χ0n) is 19.7. The number of rotatable bonds is 9. The minimum atomic E-state index is -3.16. The molecule has 2 aromatic carbocycles. The molecule has 9 heteroatoms. The second-order valence-electron chi connectivity index (χ2n) is 8.83. The van der Waals surface area contributed by atoms with E-state index in [9.17, 15) is 14.7 Å². The molecule has 34 heavy (non-hydrogen) atoms. The van der Waals surface area contributed by atoms with Gasteiger partial charge in [0.1, 0.15) is 0 Å². The number of oxazole rings is 1. The van der Waals surface area contributed by atoms with E-state index < -0.39 is 44.0 Å². The van der Waals surface area contributed by atoms with Crippen LogP contribution in [0.5, 0.6) is 0 Å². The smallest absolute Gasteiger partial charge is 0.330 e. The van der Waals surface area contributed by atoms with Crippen molar-refractivity contribution in [3.05, 3.63) is 79.0 Å². The van der Waals surface area contributed by atoms with E-state index in [0.717, 1.165) is 10.4 Å². The third kappa shape index (κ3) is 5.11. The topological polar surface area (TPSA) is 111 Å². The lowest BCUT2D eigenvalue weighted by molar-refractivity contribution is -0.147. The Hall–Kier alpha value is -3.27. The van der Waals surface area contributed by atoms with E-state index in [-0.39, 0.29) is 5.76 Å². The van der Waals surface area contributed by atoms with E-state index in [0.29, 0.717) is 0 Å². The van der Waals surface area contributed by atoms with Crippen LogP contribution in [0.2, 0.25) is 5.04 Å². The molecule has 1 aromatic heterocycles. The number of carbonyl (C=O) groups excluding carboxylic acids is 2. The fraction of sp³-hybridized carbons (Fsp3) is 0.320. The SMILES string of the molecule is COC(=O)[C@H](CO)NC(=O)[C@H](O[Si](c1ccccc1)(c1ccccc1)C(C)(C)C)c1cnco1. The van der Waals surface area contributed by atoms with E-state index in [4.69, 9.17) is 8.84 Å². The molecule has 0 aliphatic heterocycles. The lowest BCUT2D eigenvalue weighted by atomic mass is 10.2. The molecule has 0 spiro atoms. The number of hydrogen-bond acceptors (Lipinski definition) is 7. The molecule has 8 nitrogen and oxygen atoms in total. The lowest BCUT2D eigenvalue weighted by Gasteiger charge is -2.44. The summed E-state index contributed by atoms with van der Waals surface area (Å²) in [4.78, 5) is 29.4. The van der Waals surface area contributed by atoms with Crippen molar-refractivity contribution < 1.29 is 28.3 Å². The quantitative estimate of drug-likeness (QED) is 0.354. The number of methoxy groups -OCH3 is 1. The van der Waals surface area contributed by atoms with Crippen LogP contribution in [0.15, 0.2) is 77.7 Å². The average molecular weight is 483 g/mol. The summed E-state index contributed by atoms with van der Waals surface area (Å²) in [5.41, 5.74) is 0. The maximum absolute atomic E-state index is 13.5. The van der Waals surface area contributed by atoms with Gasteiger partial charge in [0.05, 0.1) is 19.9 Å². The summed E-state index contributed by atoms with van der Waals surface area (Å²) >= 11 is 0. The van der Waals surface area contributed by atoms with Gasteiger partial charge >= 0.3 is 5.97 Å². The normalized spacial score (nSPS) is 13.7. The van der Waals surface area contributed by atoms with Gasteiger partial charge in [-0.1, -0.05) is 81.4 Å². The molecule has 0 bridgehead atoms. The number of nitrogens with zero attached hydrogens (tertiary/aromatic N) is 1. The summed E-state index contributed by atoms with van der Waals surface area (Å²) in [6, 6.07) is 18.4. The Bertz CT molecular complexity index is 1030. The fourth-order valence-corrected chi connectivity index (χ4v) is 8.62. The van der Waals surface area contributed by atoms with Crippen molar-refractivity contribution in [1.29, 1.82) is 0 Å². The molecule has 2 atom stereocenters. The van der Waals surface area contributed by atoms with E-state index in [1.54, 1.807) is 0 Å². The lowest BCUT2D eigenvalue weighted by Crippen LogP contribution is -2.67. The summed E-state index contributed by atoms with van der Waals surface area (Å²) in [5, 5.41) is 13.7. The van der Waals surface area contributed by atoms with Crippen molar-refractivity contribution in [2.45, 2.75) is 38.0 Å². The number of benzene rings is 2. The number of nitrogens with one attached hydrogen (secondary N) is 1.